The van der Waals surface area contributed by atoms with Gasteiger partial charge in [-0.3, -0.25) is 9.59 Å². The van der Waals surface area contributed by atoms with E-state index in [2.05, 4.69) is 25.7 Å². The number of hydrogen-bond donors (Lipinski definition) is 2. The summed E-state index contributed by atoms with van der Waals surface area (Å²) in [7, 11) is 1.52. The van der Waals surface area contributed by atoms with Gasteiger partial charge in [0.2, 0.25) is 17.0 Å². The maximum absolute atomic E-state index is 11.6. The molecule has 0 aliphatic heterocycles. The van der Waals surface area contributed by atoms with E-state index in [0.717, 1.165) is 11.4 Å². The van der Waals surface area contributed by atoms with Crippen LogP contribution in [0.2, 0.25) is 0 Å². The van der Waals surface area contributed by atoms with E-state index in [9.17, 15) is 9.59 Å². The number of amides is 2. The summed E-state index contributed by atoms with van der Waals surface area (Å²) in [5, 5.41) is 9.70. The molecule has 8 nitrogen and oxygen atoms in total. The SMILES string of the molecule is CNC(=O)CNC(=O)CSc1nc2nc(C)cc(C)n2n1. The third-order valence-corrected chi connectivity index (χ3v) is 3.49. The number of fused-ring (bicyclic) bond motifs is 1. The topological polar surface area (TPSA) is 101 Å². The Morgan fingerprint density at radius 2 is 2.05 bits per heavy atom. The van der Waals surface area contributed by atoms with Gasteiger partial charge in [0, 0.05) is 18.4 Å². The first kappa shape index (κ1) is 15.2. The standard InChI is InChI=1S/C12H16N6O2S/c1-7-4-8(2)18-11(15-7)16-12(17-18)21-6-10(20)14-5-9(19)13-3/h4H,5-6H2,1-3H3,(H,13,19)(H,14,20). The van der Waals surface area contributed by atoms with Crippen LogP contribution in [0, 0.1) is 13.8 Å². The van der Waals surface area contributed by atoms with Gasteiger partial charge in [-0.05, 0) is 19.9 Å². The van der Waals surface area contributed by atoms with E-state index in [0.29, 0.717) is 10.9 Å². The van der Waals surface area contributed by atoms with Gasteiger partial charge in [0.1, 0.15) is 0 Å². The fourth-order valence-corrected chi connectivity index (χ4v) is 2.31. The van der Waals surface area contributed by atoms with Crippen LogP contribution in [0.4, 0.5) is 0 Å². The summed E-state index contributed by atoms with van der Waals surface area (Å²) >= 11 is 1.20. The van der Waals surface area contributed by atoms with Crippen molar-refractivity contribution in [2.45, 2.75) is 19.0 Å². The summed E-state index contributed by atoms with van der Waals surface area (Å²) in [4.78, 5) is 31.1. The van der Waals surface area contributed by atoms with Crippen LogP contribution in [-0.2, 0) is 9.59 Å². The highest BCUT2D eigenvalue weighted by Crippen LogP contribution is 2.14. The molecule has 2 amide bonds. The van der Waals surface area contributed by atoms with Crippen molar-refractivity contribution in [2.75, 3.05) is 19.3 Å². The van der Waals surface area contributed by atoms with Gasteiger partial charge in [0.05, 0.1) is 12.3 Å². The van der Waals surface area contributed by atoms with Crippen molar-refractivity contribution in [3.8, 4) is 0 Å². The van der Waals surface area contributed by atoms with Gasteiger partial charge in [-0.2, -0.15) is 4.98 Å². The minimum absolute atomic E-state index is 0.0334. The van der Waals surface area contributed by atoms with Gasteiger partial charge in [-0.25, -0.2) is 9.50 Å². The Bertz CT molecular complexity index is 684. The van der Waals surface area contributed by atoms with E-state index in [1.165, 1.54) is 18.8 Å². The van der Waals surface area contributed by atoms with Crippen LogP contribution in [0.15, 0.2) is 11.2 Å². The predicted molar refractivity (Wildman–Crippen MR) is 78.1 cm³/mol. The lowest BCUT2D eigenvalue weighted by atomic mass is 10.4. The largest absolute Gasteiger partial charge is 0.358 e. The second kappa shape index (κ2) is 6.53. The monoisotopic (exact) mass is 308 g/mol. The maximum atomic E-state index is 11.6. The lowest BCUT2D eigenvalue weighted by molar-refractivity contribution is -0.124. The Morgan fingerprint density at radius 3 is 2.76 bits per heavy atom. The molecule has 0 fully saturated rings. The van der Waals surface area contributed by atoms with Crippen LogP contribution in [0.25, 0.3) is 5.78 Å². The minimum Gasteiger partial charge on any atom is -0.358 e. The Labute approximate surface area is 125 Å². The molecule has 0 radical (unpaired) electrons. The molecule has 2 heterocycles. The molecule has 0 saturated heterocycles. The molecule has 2 aromatic rings. The number of nitrogens with one attached hydrogen (secondary N) is 2. The average molecular weight is 308 g/mol. The van der Waals surface area contributed by atoms with Crippen LogP contribution in [-0.4, -0.2) is 50.7 Å². The molecule has 2 aromatic heterocycles. The van der Waals surface area contributed by atoms with Gasteiger partial charge in [-0.15, -0.1) is 5.10 Å². The van der Waals surface area contributed by atoms with Crippen molar-refractivity contribution >= 4 is 29.4 Å². The van der Waals surface area contributed by atoms with E-state index in [4.69, 9.17) is 0 Å². The summed E-state index contributed by atoms with van der Waals surface area (Å²) in [6, 6.07) is 1.91. The van der Waals surface area contributed by atoms with Crippen molar-refractivity contribution in [3.63, 3.8) is 0 Å². The number of rotatable bonds is 5. The normalized spacial score (nSPS) is 10.6. The smallest absolute Gasteiger partial charge is 0.253 e. The van der Waals surface area contributed by atoms with Gasteiger partial charge >= 0.3 is 0 Å². The number of carbonyl (C=O) groups excluding carboxylic acids is 2. The molecule has 0 aromatic carbocycles. The molecule has 0 aliphatic rings. The minimum atomic E-state index is -0.247. The zero-order chi connectivity index (χ0) is 15.4. The number of carbonyl (C=O) groups is 2. The first-order valence-electron chi connectivity index (χ1n) is 6.30. The Balaban J connectivity index is 1.96. The van der Waals surface area contributed by atoms with Crippen LogP contribution < -0.4 is 10.6 Å². The second-order valence-electron chi connectivity index (χ2n) is 4.38. The lowest BCUT2D eigenvalue weighted by Crippen LogP contribution is -2.36. The molecule has 0 aliphatic carbocycles. The van der Waals surface area contributed by atoms with E-state index >= 15 is 0 Å². The Kier molecular flexibility index (Phi) is 4.73. The van der Waals surface area contributed by atoms with E-state index < -0.39 is 0 Å². The van der Waals surface area contributed by atoms with E-state index in [-0.39, 0.29) is 24.1 Å². The number of nitrogens with zero attached hydrogens (tertiary/aromatic N) is 4. The lowest BCUT2D eigenvalue weighted by Gasteiger charge is -2.02. The summed E-state index contributed by atoms with van der Waals surface area (Å²) in [6.07, 6.45) is 0. The molecule has 0 unspecified atom stereocenters. The predicted octanol–water partition coefficient (Wildman–Crippen LogP) is -0.305. The van der Waals surface area contributed by atoms with Crippen molar-refractivity contribution in [3.05, 3.63) is 17.5 Å². The number of hydrogen-bond acceptors (Lipinski definition) is 6. The third-order valence-electron chi connectivity index (χ3n) is 2.66. The zero-order valence-corrected chi connectivity index (χ0v) is 12.8. The van der Waals surface area contributed by atoms with Gasteiger partial charge in [0.15, 0.2) is 0 Å². The molecule has 9 heteroatoms. The van der Waals surface area contributed by atoms with Gasteiger partial charge in [0.25, 0.3) is 5.78 Å². The highest BCUT2D eigenvalue weighted by Gasteiger charge is 2.11. The summed E-state index contributed by atoms with van der Waals surface area (Å²) in [5.41, 5.74) is 1.80. The number of likely N-dealkylation sites (N-methyl/N-ethyl adjacent to an activating group) is 1. The fraction of sp³-hybridized carbons (Fsp3) is 0.417. The molecule has 0 atom stereocenters. The second-order valence-corrected chi connectivity index (χ2v) is 5.33. The van der Waals surface area contributed by atoms with Gasteiger partial charge < -0.3 is 10.6 Å². The van der Waals surface area contributed by atoms with Gasteiger partial charge in [-0.1, -0.05) is 11.8 Å². The fourth-order valence-electron chi connectivity index (χ4n) is 1.66. The van der Waals surface area contributed by atoms with Crippen LogP contribution in [0.1, 0.15) is 11.4 Å². The molecular formula is C12H16N6O2S. The number of aromatic nitrogens is 4. The quantitative estimate of drug-likeness (QED) is 0.735. The number of thioether (sulfide) groups is 1. The molecule has 0 spiro atoms. The number of aryl methyl sites for hydroxylation is 2. The van der Waals surface area contributed by atoms with Crippen LogP contribution in [0.5, 0.6) is 0 Å². The van der Waals surface area contributed by atoms with E-state index in [1.807, 2.05) is 19.9 Å². The molecule has 2 N–H and O–H groups in total. The highest BCUT2D eigenvalue weighted by atomic mass is 32.2. The summed E-state index contributed by atoms with van der Waals surface area (Å²) in [5.74, 6) is 0.171. The van der Waals surface area contributed by atoms with Crippen molar-refractivity contribution in [2.24, 2.45) is 0 Å². The Morgan fingerprint density at radius 1 is 1.29 bits per heavy atom. The van der Waals surface area contributed by atoms with Crippen LogP contribution in [0.3, 0.4) is 0 Å². The molecular weight excluding hydrogens is 292 g/mol. The molecule has 0 bridgehead atoms. The molecule has 2 rings (SSSR count). The van der Waals surface area contributed by atoms with Crippen LogP contribution >= 0.6 is 11.8 Å². The van der Waals surface area contributed by atoms with Crippen molar-refractivity contribution < 1.29 is 9.59 Å². The van der Waals surface area contributed by atoms with E-state index in [1.54, 1.807) is 4.52 Å². The maximum Gasteiger partial charge on any atom is 0.253 e. The highest BCUT2D eigenvalue weighted by molar-refractivity contribution is 7.99. The van der Waals surface area contributed by atoms with Crippen molar-refractivity contribution in [1.82, 2.24) is 30.2 Å². The molecule has 21 heavy (non-hydrogen) atoms. The Hall–Kier alpha value is -2.16. The molecule has 0 saturated carbocycles. The first-order valence-corrected chi connectivity index (χ1v) is 7.29. The summed E-state index contributed by atoms with van der Waals surface area (Å²) in [6.45, 7) is 3.77. The average Bonchev–Trinajstić information content (AvgIpc) is 2.85. The third kappa shape index (κ3) is 3.91. The molecule has 112 valence electrons. The van der Waals surface area contributed by atoms with Crippen molar-refractivity contribution in [1.29, 1.82) is 0 Å². The zero-order valence-electron chi connectivity index (χ0n) is 12.0. The first-order chi connectivity index (χ1) is 9.99. The summed E-state index contributed by atoms with van der Waals surface area (Å²) < 4.78 is 1.64.